The highest BCUT2D eigenvalue weighted by Gasteiger charge is 2.12. The minimum Gasteiger partial charge on any atom is -0.355 e. The van der Waals surface area contributed by atoms with Crippen LogP contribution < -0.4 is 5.32 Å². The molecule has 0 aliphatic heterocycles. The third kappa shape index (κ3) is 3.63. The lowest BCUT2D eigenvalue weighted by atomic mass is 10.0. The van der Waals surface area contributed by atoms with Gasteiger partial charge in [-0.25, -0.2) is 9.37 Å². The van der Waals surface area contributed by atoms with Gasteiger partial charge >= 0.3 is 0 Å². The van der Waals surface area contributed by atoms with Gasteiger partial charge in [0.05, 0.1) is 17.6 Å². The Morgan fingerprint density at radius 2 is 1.72 bits per heavy atom. The average molecular weight is 422 g/mol. The highest BCUT2D eigenvalue weighted by Crippen LogP contribution is 2.28. The number of pyridine rings is 2. The van der Waals surface area contributed by atoms with Gasteiger partial charge in [0.2, 0.25) is 0 Å². The summed E-state index contributed by atoms with van der Waals surface area (Å²) in [6, 6.07) is 22.1. The van der Waals surface area contributed by atoms with Crippen molar-refractivity contribution in [1.82, 2.24) is 19.7 Å². The fourth-order valence-corrected chi connectivity index (χ4v) is 3.76. The monoisotopic (exact) mass is 422 g/mol. The van der Waals surface area contributed by atoms with E-state index in [0.717, 1.165) is 33.7 Å². The summed E-state index contributed by atoms with van der Waals surface area (Å²) in [5.74, 6) is -0.794. The van der Waals surface area contributed by atoms with Crippen molar-refractivity contribution in [3.05, 3.63) is 103 Å². The molecule has 6 heteroatoms. The first-order valence-electron chi connectivity index (χ1n) is 10.1. The van der Waals surface area contributed by atoms with E-state index >= 15 is 0 Å². The van der Waals surface area contributed by atoms with Crippen molar-refractivity contribution in [2.45, 2.75) is 0 Å². The molecule has 0 bridgehead atoms. The molecule has 156 valence electrons. The van der Waals surface area contributed by atoms with Gasteiger partial charge in [-0.15, -0.1) is 0 Å². The first-order valence-corrected chi connectivity index (χ1v) is 10.1. The standard InChI is InChI=1S/C26H19FN4O/c1-28-26(32)21-11-20(12-22(27)13-21)18-8-10-31-24(16-30-25(31)15-18)19-7-9-29-23(14-19)17-5-3-2-4-6-17/h2-16H,1H3,(H,28,32). The van der Waals surface area contributed by atoms with Crippen molar-refractivity contribution in [3.63, 3.8) is 0 Å². The smallest absolute Gasteiger partial charge is 0.251 e. The molecule has 1 amide bonds. The third-order valence-corrected chi connectivity index (χ3v) is 5.36. The van der Waals surface area contributed by atoms with Crippen LogP contribution >= 0.6 is 0 Å². The van der Waals surface area contributed by atoms with Crippen LogP contribution in [0.15, 0.2) is 91.4 Å². The van der Waals surface area contributed by atoms with Crippen molar-refractivity contribution in [2.75, 3.05) is 7.05 Å². The van der Waals surface area contributed by atoms with Crippen molar-refractivity contribution >= 4 is 11.6 Å². The van der Waals surface area contributed by atoms with E-state index in [4.69, 9.17) is 0 Å². The zero-order chi connectivity index (χ0) is 22.1. The van der Waals surface area contributed by atoms with Crippen LogP contribution in [0.5, 0.6) is 0 Å². The zero-order valence-corrected chi connectivity index (χ0v) is 17.3. The largest absolute Gasteiger partial charge is 0.355 e. The normalized spacial score (nSPS) is 10.9. The lowest BCUT2D eigenvalue weighted by Gasteiger charge is -2.08. The number of halogens is 1. The number of carbonyl (C=O) groups excluding carboxylic acids is 1. The van der Waals surface area contributed by atoms with Gasteiger partial charge in [0.25, 0.3) is 5.91 Å². The molecule has 1 N–H and O–H groups in total. The van der Waals surface area contributed by atoms with E-state index in [-0.39, 0.29) is 11.5 Å². The molecule has 0 spiro atoms. The molecular formula is C26H19FN4O. The Bertz CT molecular complexity index is 1440. The van der Waals surface area contributed by atoms with E-state index in [9.17, 15) is 9.18 Å². The molecule has 5 nitrogen and oxygen atoms in total. The summed E-state index contributed by atoms with van der Waals surface area (Å²) in [4.78, 5) is 21.0. The molecule has 3 aromatic heterocycles. The van der Waals surface area contributed by atoms with Gasteiger partial charge in [0.15, 0.2) is 0 Å². The Balaban J connectivity index is 1.55. The van der Waals surface area contributed by atoms with Gasteiger partial charge in [0.1, 0.15) is 11.5 Å². The fourth-order valence-electron chi connectivity index (χ4n) is 3.76. The molecule has 3 heterocycles. The van der Waals surface area contributed by atoms with E-state index in [1.807, 2.05) is 71.4 Å². The van der Waals surface area contributed by atoms with Gasteiger partial charge in [0, 0.05) is 36.1 Å². The van der Waals surface area contributed by atoms with Crippen molar-refractivity contribution in [3.8, 4) is 33.6 Å². The van der Waals surface area contributed by atoms with Gasteiger partial charge in [-0.2, -0.15) is 0 Å². The summed E-state index contributed by atoms with van der Waals surface area (Å²) in [6.07, 6.45) is 5.50. The summed E-state index contributed by atoms with van der Waals surface area (Å²) in [5.41, 5.74) is 6.24. The number of rotatable bonds is 4. The van der Waals surface area contributed by atoms with Gasteiger partial charge in [-0.1, -0.05) is 30.3 Å². The Labute approximate surface area is 184 Å². The molecule has 2 aromatic carbocycles. The number of imidazole rings is 1. The zero-order valence-electron chi connectivity index (χ0n) is 17.3. The van der Waals surface area contributed by atoms with Crippen molar-refractivity contribution < 1.29 is 9.18 Å². The maximum atomic E-state index is 14.1. The van der Waals surface area contributed by atoms with Crippen LogP contribution in [0.1, 0.15) is 10.4 Å². The summed E-state index contributed by atoms with van der Waals surface area (Å²) in [6.45, 7) is 0. The Morgan fingerprint density at radius 3 is 2.53 bits per heavy atom. The van der Waals surface area contributed by atoms with Crippen LogP contribution in [0.25, 0.3) is 39.3 Å². The average Bonchev–Trinajstić information content (AvgIpc) is 3.27. The van der Waals surface area contributed by atoms with Crippen LogP contribution in [0, 0.1) is 5.82 Å². The maximum Gasteiger partial charge on any atom is 0.251 e. The van der Waals surface area contributed by atoms with Crippen LogP contribution in [-0.4, -0.2) is 27.3 Å². The second kappa shape index (κ2) is 8.07. The molecule has 0 saturated carbocycles. The highest BCUT2D eigenvalue weighted by molar-refractivity contribution is 5.95. The summed E-state index contributed by atoms with van der Waals surface area (Å²) < 4.78 is 16.1. The molecule has 0 aliphatic rings. The van der Waals surface area contributed by atoms with Crippen LogP contribution in [0.4, 0.5) is 4.39 Å². The quantitative estimate of drug-likeness (QED) is 0.432. The number of carbonyl (C=O) groups is 1. The van der Waals surface area contributed by atoms with Crippen LogP contribution in [0.3, 0.4) is 0 Å². The van der Waals surface area contributed by atoms with E-state index < -0.39 is 5.82 Å². The molecular weight excluding hydrogens is 403 g/mol. The van der Waals surface area contributed by atoms with Gasteiger partial charge in [-0.3, -0.25) is 14.2 Å². The topological polar surface area (TPSA) is 59.3 Å². The molecule has 0 atom stereocenters. The minimum atomic E-state index is -0.463. The minimum absolute atomic E-state index is 0.275. The Kier molecular flexibility index (Phi) is 4.95. The van der Waals surface area contributed by atoms with E-state index in [2.05, 4.69) is 15.3 Å². The van der Waals surface area contributed by atoms with Gasteiger partial charge in [-0.05, 0) is 53.6 Å². The number of fused-ring (bicyclic) bond motifs is 1. The van der Waals surface area contributed by atoms with E-state index in [1.54, 1.807) is 12.3 Å². The number of amides is 1. The van der Waals surface area contributed by atoms with E-state index in [0.29, 0.717) is 5.56 Å². The first kappa shape index (κ1) is 19.6. The summed E-state index contributed by atoms with van der Waals surface area (Å²) in [7, 11) is 1.52. The van der Waals surface area contributed by atoms with Crippen molar-refractivity contribution in [2.24, 2.45) is 0 Å². The molecule has 32 heavy (non-hydrogen) atoms. The Hall–Kier alpha value is -4.32. The second-order valence-electron chi connectivity index (χ2n) is 7.39. The van der Waals surface area contributed by atoms with Gasteiger partial charge < -0.3 is 5.32 Å². The Morgan fingerprint density at radius 1 is 0.875 bits per heavy atom. The highest BCUT2D eigenvalue weighted by atomic mass is 19.1. The first-order chi connectivity index (χ1) is 15.6. The summed E-state index contributed by atoms with van der Waals surface area (Å²) in [5, 5.41) is 2.53. The van der Waals surface area contributed by atoms with E-state index in [1.165, 1.54) is 19.2 Å². The molecule has 0 saturated heterocycles. The van der Waals surface area contributed by atoms with Crippen LogP contribution in [0.2, 0.25) is 0 Å². The van der Waals surface area contributed by atoms with Crippen molar-refractivity contribution in [1.29, 1.82) is 0 Å². The molecule has 0 fully saturated rings. The number of benzene rings is 2. The predicted octanol–water partition coefficient (Wildman–Crippen LogP) is 5.23. The molecule has 5 aromatic rings. The number of hydrogen-bond acceptors (Lipinski definition) is 3. The number of nitrogens with zero attached hydrogens (tertiary/aromatic N) is 3. The summed E-state index contributed by atoms with van der Waals surface area (Å²) >= 11 is 0. The predicted molar refractivity (Wildman–Crippen MR) is 123 cm³/mol. The number of hydrogen-bond donors (Lipinski definition) is 1. The number of aromatic nitrogens is 3. The molecule has 5 rings (SSSR count). The van der Waals surface area contributed by atoms with Crippen LogP contribution in [-0.2, 0) is 0 Å². The lowest BCUT2D eigenvalue weighted by molar-refractivity contribution is 0.0962. The third-order valence-electron chi connectivity index (χ3n) is 5.36. The molecule has 0 radical (unpaired) electrons. The maximum absolute atomic E-state index is 14.1. The second-order valence-corrected chi connectivity index (χ2v) is 7.39. The molecule has 0 aliphatic carbocycles. The number of nitrogens with one attached hydrogen (secondary N) is 1. The fraction of sp³-hybridized carbons (Fsp3) is 0.0385. The lowest BCUT2D eigenvalue weighted by Crippen LogP contribution is -2.17. The molecule has 0 unspecified atom stereocenters. The SMILES string of the molecule is CNC(=O)c1cc(F)cc(-c2ccn3c(-c4ccnc(-c5ccccc5)c4)cnc3c2)c1.